The van der Waals surface area contributed by atoms with E-state index in [1.54, 1.807) is 6.07 Å². The fourth-order valence-corrected chi connectivity index (χ4v) is 2.29. The number of phenolic OH excluding ortho intramolecular Hbond substituents is 2. The predicted molar refractivity (Wildman–Crippen MR) is 83.5 cm³/mol. The van der Waals surface area contributed by atoms with Crippen molar-refractivity contribution in [1.29, 1.82) is 0 Å². The monoisotopic (exact) mass is 318 g/mol. The lowest BCUT2D eigenvalue weighted by molar-refractivity contribution is 0.0919. The summed E-state index contributed by atoms with van der Waals surface area (Å²) in [6.45, 7) is -0.471. The molecule has 0 radical (unpaired) electrons. The molecule has 0 heterocycles. The number of ether oxygens (including phenoxy) is 2. The summed E-state index contributed by atoms with van der Waals surface area (Å²) >= 11 is 0. The molecule has 1 atom stereocenters. The van der Waals surface area contributed by atoms with Crippen molar-refractivity contribution in [3.05, 3.63) is 47.5 Å². The Hall–Kier alpha value is -2.73. The Morgan fingerprint density at radius 2 is 1.78 bits per heavy atom. The molecule has 0 saturated carbocycles. The van der Waals surface area contributed by atoms with Gasteiger partial charge in [0.1, 0.15) is 11.5 Å². The zero-order valence-electron chi connectivity index (χ0n) is 12.8. The normalized spacial score (nSPS) is 11.8. The van der Waals surface area contributed by atoms with Crippen molar-refractivity contribution in [2.75, 3.05) is 20.8 Å². The third-order valence-corrected chi connectivity index (χ3v) is 3.57. The van der Waals surface area contributed by atoms with Gasteiger partial charge in [-0.1, -0.05) is 6.07 Å². The molecule has 2 aromatic carbocycles. The van der Waals surface area contributed by atoms with Crippen molar-refractivity contribution < 1.29 is 29.6 Å². The Morgan fingerprint density at radius 1 is 1.04 bits per heavy atom. The summed E-state index contributed by atoms with van der Waals surface area (Å²) in [6, 6.07) is 8.73. The number of hydrogen-bond acceptors (Lipinski definition) is 6. The Bertz CT molecular complexity index is 710. The van der Waals surface area contributed by atoms with Gasteiger partial charge in [-0.2, -0.15) is 0 Å². The van der Waals surface area contributed by atoms with E-state index in [9.17, 15) is 20.1 Å². The van der Waals surface area contributed by atoms with Crippen LogP contribution in [0.4, 0.5) is 0 Å². The lowest BCUT2D eigenvalue weighted by Gasteiger charge is -2.16. The summed E-state index contributed by atoms with van der Waals surface area (Å²) in [5, 5.41) is 29.3. The zero-order chi connectivity index (χ0) is 17.0. The highest BCUT2D eigenvalue weighted by molar-refractivity contribution is 6.03. The first kappa shape index (κ1) is 16.6. The van der Waals surface area contributed by atoms with Gasteiger partial charge in [0, 0.05) is 0 Å². The second-order valence-electron chi connectivity index (χ2n) is 4.91. The van der Waals surface area contributed by atoms with E-state index in [1.165, 1.54) is 44.6 Å². The van der Waals surface area contributed by atoms with E-state index in [-0.39, 0.29) is 22.8 Å². The first-order valence-electron chi connectivity index (χ1n) is 6.90. The highest BCUT2D eigenvalue weighted by Gasteiger charge is 2.25. The molecule has 0 aliphatic carbocycles. The van der Waals surface area contributed by atoms with Crippen LogP contribution in [0.25, 0.3) is 0 Å². The molecule has 2 aromatic rings. The number of benzene rings is 2. The number of phenols is 2. The van der Waals surface area contributed by atoms with Crippen LogP contribution in [0.15, 0.2) is 36.4 Å². The van der Waals surface area contributed by atoms with E-state index < -0.39 is 18.3 Å². The second kappa shape index (κ2) is 7.02. The largest absolute Gasteiger partial charge is 0.507 e. The number of methoxy groups -OCH3 is 2. The van der Waals surface area contributed by atoms with Crippen LogP contribution in [-0.2, 0) is 0 Å². The van der Waals surface area contributed by atoms with E-state index in [0.717, 1.165) is 0 Å². The summed E-state index contributed by atoms with van der Waals surface area (Å²) in [5.74, 6) is -1.06. The van der Waals surface area contributed by atoms with Crippen LogP contribution in [0, 0.1) is 0 Å². The minimum absolute atomic E-state index is 0.0405. The minimum atomic E-state index is -0.926. The Morgan fingerprint density at radius 3 is 2.35 bits per heavy atom. The molecule has 2 rings (SSSR count). The molecule has 0 spiro atoms. The number of Topliss-reactive ketones (excluding diaryl/α,β-unsaturated/α-hetero) is 1. The van der Waals surface area contributed by atoms with Crippen molar-refractivity contribution in [1.82, 2.24) is 0 Å². The van der Waals surface area contributed by atoms with Crippen molar-refractivity contribution in [3.63, 3.8) is 0 Å². The molecule has 122 valence electrons. The van der Waals surface area contributed by atoms with Crippen LogP contribution in [0.2, 0.25) is 0 Å². The topological polar surface area (TPSA) is 96.2 Å². The summed E-state index contributed by atoms with van der Waals surface area (Å²) in [7, 11) is 2.86. The van der Waals surface area contributed by atoms with E-state index in [4.69, 9.17) is 9.47 Å². The quantitative estimate of drug-likeness (QED) is 0.706. The third kappa shape index (κ3) is 3.37. The third-order valence-electron chi connectivity index (χ3n) is 3.57. The lowest BCUT2D eigenvalue weighted by atomic mass is 9.90. The Balaban J connectivity index is 2.41. The van der Waals surface area contributed by atoms with E-state index in [1.807, 2.05) is 0 Å². The summed E-state index contributed by atoms with van der Waals surface area (Å²) in [6.07, 6.45) is 0. The molecular formula is C17H18O6. The molecule has 6 nitrogen and oxygen atoms in total. The van der Waals surface area contributed by atoms with Crippen LogP contribution in [0.1, 0.15) is 21.8 Å². The van der Waals surface area contributed by atoms with Crippen molar-refractivity contribution in [3.8, 4) is 23.0 Å². The summed E-state index contributed by atoms with van der Waals surface area (Å²) < 4.78 is 10.0. The number of aliphatic hydroxyl groups is 1. The van der Waals surface area contributed by atoms with Crippen LogP contribution in [0.5, 0.6) is 23.0 Å². The average Bonchev–Trinajstić information content (AvgIpc) is 2.56. The average molecular weight is 318 g/mol. The Labute approximate surface area is 133 Å². The van der Waals surface area contributed by atoms with Gasteiger partial charge >= 0.3 is 0 Å². The fourth-order valence-electron chi connectivity index (χ4n) is 2.29. The molecule has 3 N–H and O–H groups in total. The first-order valence-corrected chi connectivity index (χ1v) is 6.90. The number of aromatic hydroxyl groups is 2. The maximum atomic E-state index is 12.6. The van der Waals surface area contributed by atoms with Gasteiger partial charge in [0.05, 0.1) is 32.3 Å². The fraction of sp³-hybridized carbons (Fsp3) is 0.235. The highest BCUT2D eigenvalue weighted by Crippen LogP contribution is 2.33. The molecule has 0 aromatic heterocycles. The van der Waals surface area contributed by atoms with Crippen molar-refractivity contribution in [2.24, 2.45) is 0 Å². The molecule has 0 fully saturated rings. The van der Waals surface area contributed by atoms with E-state index >= 15 is 0 Å². The number of hydrogen-bond donors (Lipinski definition) is 3. The maximum absolute atomic E-state index is 12.6. The maximum Gasteiger partial charge on any atom is 0.176 e. The minimum Gasteiger partial charge on any atom is -0.507 e. The second-order valence-corrected chi connectivity index (χ2v) is 4.91. The van der Waals surface area contributed by atoms with Gasteiger partial charge in [0.2, 0.25) is 0 Å². The summed E-state index contributed by atoms with van der Waals surface area (Å²) in [4.78, 5) is 12.6. The highest BCUT2D eigenvalue weighted by atomic mass is 16.5. The molecule has 23 heavy (non-hydrogen) atoms. The van der Waals surface area contributed by atoms with Crippen molar-refractivity contribution in [2.45, 2.75) is 5.92 Å². The standard InChI is InChI=1S/C17H18O6/c1-22-11-4-5-14(19)12(8-11)17(21)13(9-18)10-3-6-16(23-2)15(20)7-10/h3-8,13,18-20H,9H2,1-2H3. The summed E-state index contributed by atoms with van der Waals surface area (Å²) in [5.41, 5.74) is 0.455. The molecular weight excluding hydrogens is 300 g/mol. The number of aliphatic hydroxyl groups excluding tert-OH is 1. The predicted octanol–water partition coefficient (Wildman–Crippen LogP) is 2.07. The van der Waals surface area contributed by atoms with Crippen LogP contribution in [-0.4, -0.2) is 41.9 Å². The lowest BCUT2D eigenvalue weighted by Crippen LogP contribution is -2.17. The van der Waals surface area contributed by atoms with Gasteiger partial charge < -0.3 is 24.8 Å². The zero-order valence-corrected chi connectivity index (χ0v) is 12.8. The molecule has 0 bridgehead atoms. The molecule has 0 aliphatic rings. The van der Waals surface area contributed by atoms with Gasteiger partial charge in [-0.3, -0.25) is 4.79 Å². The smallest absolute Gasteiger partial charge is 0.176 e. The molecule has 0 amide bonds. The van der Waals surface area contributed by atoms with Crippen molar-refractivity contribution >= 4 is 5.78 Å². The number of rotatable bonds is 6. The van der Waals surface area contributed by atoms with Gasteiger partial charge in [-0.25, -0.2) is 0 Å². The Kier molecular flexibility index (Phi) is 5.08. The number of ketones is 1. The number of carbonyl (C=O) groups is 1. The van der Waals surface area contributed by atoms with Gasteiger partial charge in [0.15, 0.2) is 17.3 Å². The van der Waals surface area contributed by atoms with Gasteiger partial charge in [-0.05, 0) is 35.9 Å². The molecule has 6 heteroatoms. The first-order chi connectivity index (χ1) is 11.0. The van der Waals surface area contributed by atoms with Crippen LogP contribution >= 0.6 is 0 Å². The van der Waals surface area contributed by atoms with E-state index in [0.29, 0.717) is 11.3 Å². The molecule has 0 saturated heterocycles. The van der Waals surface area contributed by atoms with Crippen LogP contribution in [0.3, 0.4) is 0 Å². The molecule has 0 aliphatic heterocycles. The molecule has 1 unspecified atom stereocenters. The number of carbonyl (C=O) groups excluding carboxylic acids is 1. The van der Waals surface area contributed by atoms with E-state index in [2.05, 4.69) is 0 Å². The van der Waals surface area contributed by atoms with Crippen LogP contribution < -0.4 is 9.47 Å². The van der Waals surface area contributed by atoms with Gasteiger partial charge in [0.25, 0.3) is 0 Å². The van der Waals surface area contributed by atoms with Gasteiger partial charge in [-0.15, -0.1) is 0 Å². The SMILES string of the molecule is COc1ccc(O)c(C(=O)C(CO)c2ccc(OC)c(O)c2)c1.